The Hall–Kier alpha value is -2.61. The van der Waals surface area contributed by atoms with Crippen molar-refractivity contribution in [3.05, 3.63) is 35.9 Å². The maximum absolute atomic E-state index is 11.5. The minimum absolute atomic E-state index is 0.0533. The fourth-order valence-corrected chi connectivity index (χ4v) is 2.90. The van der Waals surface area contributed by atoms with Gasteiger partial charge < -0.3 is 24.2 Å². The van der Waals surface area contributed by atoms with Gasteiger partial charge in [-0.3, -0.25) is 9.59 Å². The summed E-state index contributed by atoms with van der Waals surface area (Å²) in [5.41, 5.74) is 0.915. The van der Waals surface area contributed by atoms with Crippen LogP contribution in [0.5, 0.6) is 0 Å². The number of carbonyl (C=O) groups is 3. The molecule has 0 aliphatic carbocycles. The molecule has 26 heavy (non-hydrogen) atoms. The lowest BCUT2D eigenvalue weighted by Crippen LogP contribution is -2.57. The van der Waals surface area contributed by atoms with E-state index in [4.69, 9.17) is 14.2 Å². The third-order valence-electron chi connectivity index (χ3n) is 4.07. The predicted octanol–water partition coefficient (Wildman–Crippen LogP) is 1.68. The van der Waals surface area contributed by atoms with Crippen molar-refractivity contribution in [2.75, 3.05) is 19.7 Å². The monoisotopic (exact) mass is 365 g/mol. The highest BCUT2D eigenvalue weighted by Gasteiger charge is 2.42. The maximum Gasteiger partial charge on any atom is 0.407 e. The number of nitrogens with zero attached hydrogens (tertiary/aromatic N) is 1. The van der Waals surface area contributed by atoms with E-state index in [9.17, 15) is 19.5 Å². The fourth-order valence-electron chi connectivity index (χ4n) is 2.90. The smallest absolute Gasteiger partial charge is 0.407 e. The quantitative estimate of drug-likeness (QED) is 0.765. The number of carboxylic acid groups (broad SMARTS) is 1. The van der Waals surface area contributed by atoms with Crippen LogP contribution >= 0.6 is 0 Å². The van der Waals surface area contributed by atoms with Crippen LogP contribution < -0.4 is 0 Å². The van der Waals surface area contributed by atoms with Crippen LogP contribution in [-0.2, 0) is 30.4 Å². The second-order valence-corrected chi connectivity index (χ2v) is 6.16. The molecule has 0 bridgehead atoms. The number of likely N-dealkylation sites (tertiary alicyclic amines) is 1. The molecule has 1 saturated heterocycles. The molecule has 1 fully saturated rings. The van der Waals surface area contributed by atoms with Crippen molar-refractivity contribution in [2.24, 2.45) is 5.92 Å². The van der Waals surface area contributed by atoms with Crippen LogP contribution in [-0.4, -0.2) is 59.9 Å². The van der Waals surface area contributed by atoms with Gasteiger partial charge in [-0.1, -0.05) is 30.3 Å². The first-order valence-electron chi connectivity index (χ1n) is 8.30. The van der Waals surface area contributed by atoms with E-state index in [0.717, 1.165) is 5.56 Å². The predicted molar refractivity (Wildman–Crippen MR) is 90.3 cm³/mol. The summed E-state index contributed by atoms with van der Waals surface area (Å²) in [4.78, 5) is 35.3. The number of amides is 1. The lowest BCUT2D eigenvalue weighted by molar-refractivity contribution is -0.174. The summed E-state index contributed by atoms with van der Waals surface area (Å²) < 4.78 is 16.3. The summed E-state index contributed by atoms with van der Waals surface area (Å²) in [6.07, 6.45) is -2.47. The molecule has 0 spiro atoms. The van der Waals surface area contributed by atoms with Gasteiger partial charge in [0, 0.05) is 20.4 Å². The average molecular weight is 365 g/mol. The Morgan fingerprint density at radius 2 is 1.81 bits per heavy atom. The van der Waals surface area contributed by atoms with Gasteiger partial charge in [0.05, 0.1) is 25.7 Å². The number of carbonyl (C=O) groups excluding carboxylic acids is 2. The van der Waals surface area contributed by atoms with Crippen molar-refractivity contribution in [2.45, 2.75) is 32.7 Å². The second-order valence-electron chi connectivity index (χ2n) is 6.16. The third kappa shape index (κ3) is 5.73. The molecule has 0 saturated carbocycles. The van der Waals surface area contributed by atoms with Crippen LogP contribution in [0.15, 0.2) is 30.3 Å². The minimum Gasteiger partial charge on any atom is -0.465 e. The zero-order valence-corrected chi connectivity index (χ0v) is 14.8. The summed E-state index contributed by atoms with van der Waals surface area (Å²) in [7, 11) is 0. The number of hydrogen-bond donors (Lipinski definition) is 1. The van der Waals surface area contributed by atoms with Crippen LogP contribution in [0.1, 0.15) is 19.4 Å². The summed E-state index contributed by atoms with van der Waals surface area (Å²) in [6.45, 7) is 2.89. The van der Waals surface area contributed by atoms with Crippen LogP contribution in [0.2, 0.25) is 0 Å². The van der Waals surface area contributed by atoms with E-state index >= 15 is 0 Å². The van der Waals surface area contributed by atoms with E-state index in [1.54, 1.807) is 0 Å². The highest BCUT2D eigenvalue weighted by molar-refractivity contribution is 5.67. The van der Waals surface area contributed by atoms with Crippen molar-refractivity contribution in [1.82, 2.24) is 4.90 Å². The van der Waals surface area contributed by atoms with Crippen molar-refractivity contribution in [1.29, 1.82) is 0 Å². The number of hydrogen-bond acceptors (Lipinski definition) is 6. The van der Waals surface area contributed by atoms with Gasteiger partial charge in [0.1, 0.15) is 12.2 Å². The molecule has 0 radical (unpaired) electrons. The zero-order valence-electron chi connectivity index (χ0n) is 14.8. The molecule has 1 aromatic carbocycles. The first kappa shape index (κ1) is 19.7. The number of rotatable bonds is 6. The molecular formula is C18H23NO7. The molecule has 0 aromatic heterocycles. The maximum atomic E-state index is 11.5. The Kier molecular flexibility index (Phi) is 6.97. The summed E-state index contributed by atoms with van der Waals surface area (Å²) in [6, 6.07) is 9.39. The van der Waals surface area contributed by atoms with Gasteiger partial charge in [0.25, 0.3) is 0 Å². The van der Waals surface area contributed by atoms with Gasteiger partial charge in [-0.05, 0) is 5.56 Å². The van der Waals surface area contributed by atoms with Crippen molar-refractivity contribution in [3.8, 4) is 0 Å². The minimum atomic E-state index is -1.10. The largest absolute Gasteiger partial charge is 0.465 e. The van der Waals surface area contributed by atoms with E-state index < -0.39 is 36.2 Å². The zero-order chi connectivity index (χ0) is 19.1. The molecule has 1 aromatic rings. The normalized spacial score (nSPS) is 22.5. The topological polar surface area (TPSA) is 102 Å². The average Bonchev–Trinajstić information content (AvgIpc) is 2.59. The lowest BCUT2D eigenvalue weighted by Gasteiger charge is -2.41. The standard InChI is InChI=1S/C18H23NO7/c1-12(20)24-11-15-8-19(18(22)23)9-16(17(15)26-13(2)21)25-10-14-6-4-3-5-7-14/h3-7,15-17H,8-11H2,1-2H3,(H,22,23). The Morgan fingerprint density at radius 3 is 2.38 bits per heavy atom. The summed E-state index contributed by atoms with van der Waals surface area (Å²) in [5, 5.41) is 9.36. The first-order valence-corrected chi connectivity index (χ1v) is 8.30. The fraction of sp³-hybridized carbons (Fsp3) is 0.500. The van der Waals surface area contributed by atoms with E-state index in [-0.39, 0.29) is 26.3 Å². The van der Waals surface area contributed by atoms with Gasteiger partial charge in [0.2, 0.25) is 0 Å². The lowest BCUT2D eigenvalue weighted by atomic mass is 9.92. The third-order valence-corrected chi connectivity index (χ3v) is 4.07. The molecule has 1 amide bonds. The highest BCUT2D eigenvalue weighted by Crippen LogP contribution is 2.25. The van der Waals surface area contributed by atoms with Crippen molar-refractivity contribution < 1.29 is 33.7 Å². The number of esters is 2. The van der Waals surface area contributed by atoms with Gasteiger partial charge in [0.15, 0.2) is 0 Å². The molecule has 1 heterocycles. The van der Waals surface area contributed by atoms with Crippen molar-refractivity contribution in [3.63, 3.8) is 0 Å². The van der Waals surface area contributed by atoms with Crippen LogP contribution in [0.4, 0.5) is 4.79 Å². The van der Waals surface area contributed by atoms with Gasteiger partial charge >= 0.3 is 18.0 Å². The Morgan fingerprint density at radius 1 is 1.12 bits per heavy atom. The van der Waals surface area contributed by atoms with E-state index in [1.165, 1.54) is 18.7 Å². The number of ether oxygens (including phenoxy) is 3. The Balaban J connectivity index is 2.15. The first-order chi connectivity index (χ1) is 12.4. The molecule has 2 rings (SSSR count). The van der Waals surface area contributed by atoms with Gasteiger partial charge in [-0.15, -0.1) is 0 Å². The summed E-state index contributed by atoms with van der Waals surface area (Å²) >= 11 is 0. The summed E-state index contributed by atoms with van der Waals surface area (Å²) in [5.74, 6) is -1.49. The SMILES string of the molecule is CC(=O)OCC1CN(C(=O)O)CC(OCc2ccccc2)C1OC(C)=O. The second kappa shape index (κ2) is 9.19. The van der Waals surface area contributed by atoms with Crippen LogP contribution in [0.3, 0.4) is 0 Å². The number of piperidine rings is 1. The van der Waals surface area contributed by atoms with Crippen LogP contribution in [0.25, 0.3) is 0 Å². The molecule has 1 aliphatic heterocycles. The van der Waals surface area contributed by atoms with E-state index in [1.807, 2.05) is 30.3 Å². The molecule has 8 nitrogen and oxygen atoms in total. The van der Waals surface area contributed by atoms with E-state index in [0.29, 0.717) is 0 Å². The van der Waals surface area contributed by atoms with Gasteiger partial charge in [-0.2, -0.15) is 0 Å². The van der Waals surface area contributed by atoms with E-state index in [2.05, 4.69) is 0 Å². The molecule has 8 heteroatoms. The van der Waals surface area contributed by atoms with Gasteiger partial charge in [-0.25, -0.2) is 4.79 Å². The molecule has 1 N–H and O–H groups in total. The van der Waals surface area contributed by atoms with Crippen molar-refractivity contribution >= 4 is 18.0 Å². The number of benzene rings is 1. The Bertz CT molecular complexity index is 634. The molecule has 3 atom stereocenters. The van der Waals surface area contributed by atoms with Crippen LogP contribution in [0, 0.1) is 5.92 Å². The molecule has 142 valence electrons. The molecule has 3 unspecified atom stereocenters. The molecule has 1 aliphatic rings. The molecular weight excluding hydrogens is 342 g/mol. The highest BCUT2D eigenvalue weighted by atomic mass is 16.6. The Labute approximate surface area is 151 Å².